The zero-order valence-corrected chi connectivity index (χ0v) is 13.0. The van der Waals surface area contributed by atoms with Gasteiger partial charge in [-0.25, -0.2) is 14.2 Å². The second-order valence-corrected chi connectivity index (χ2v) is 6.11. The Hall–Kier alpha value is -2.48. The molecular formula is C15H15FN4O2S. The van der Waals surface area contributed by atoms with Crippen molar-refractivity contribution in [3.63, 3.8) is 0 Å². The number of nitrogens with zero attached hydrogens (tertiary/aromatic N) is 1. The third-order valence-electron chi connectivity index (χ3n) is 3.16. The number of anilines is 2. The molecular weight excluding hydrogens is 319 g/mol. The molecule has 0 saturated heterocycles. The van der Waals surface area contributed by atoms with E-state index in [-0.39, 0.29) is 18.1 Å². The summed E-state index contributed by atoms with van der Waals surface area (Å²) in [6.07, 6.45) is 2.28. The Balaban J connectivity index is 1.50. The molecule has 3 rings (SSSR count). The van der Waals surface area contributed by atoms with Crippen molar-refractivity contribution in [3.05, 3.63) is 41.2 Å². The van der Waals surface area contributed by atoms with E-state index in [4.69, 9.17) is 0 Å². The number of amides is 3. The average Bonchev–Trinajstić information content (AvgIpc) is 3.20. The molecule has 8 heteroatoms. The molecule has 1 aromatic heterocycles. The lowest BCUT2D eigenvalue weighted by Crippen LogP contribution is -2.27. The summed E-state index contributed by atoms with van der Waals surface area (Å²) >= 11 is 1.24. The fraction of sp³-hybridized carbons (Fsp3) is 0.267. The molecule has 1 aliphatic rings. The topological polar surface area (TPSA) is 83.1 Å². The van der Waals surface area contributed by atoms with Gasteiger partial charge < -0.3 is 10.6 Å². The number of aromatic nitrogens is 1. The number of hydrogen-bond donors (Lipinski definition) is 3. The molecule has 3 N–H and O–H groups in total. The molecule has 0 atom stereocenters. The molecule has 120 valence electrons. The first-order valence-corrected chi connectivity index (χ1v) is 8.04. The van der Waals surface area contributed by atoms with Crippen molar-refractivity contribution in [3.8, 4) is 0 Å². The number of nitrogens with one attached hydrogen (secondary N) is 3. The van der Waals surface area contributed by atoms with Gasteiger partial charge in [0.1, 0.15) is 5.82 Å². The zero-order valence-electron chi connectivity index (χ0n) is 12.1. The molecule has 1 heterocycles. The van der Waals surface area contributed by atoms with Gasteiger partial charge in [0.2, 0.25) is 5.91 Å². The highest BCUT2D eigenvalue weighted by Gasteiger charge is 2.23. The quantitative estimate of drug-likeness (QED) is 0.786. The first-order chi connectivity index (χ1) is 11.1. The largest absolute Gasteiger partial charge is 0.353 e. The van der Waals surface area contributed by atoms with Gasteiger partial charge in [-0.1, -0.05) is 0 Å². The fourth-order valence-corrected chi connectivity index (χ4v) is 2.61. The maximum absolute atomic E-state index is 12.8. The first-order valence-electron chi connectivity index (χ1n) is 7.16. The Bertz CT molecular complexity index is 713. The summed E-state index contributed by atoms with van der Waals surface area (Å²) in [4.78, 5) is 27.7. The lowest BCUT2D eigenvalue weighted by Gasteiger charge is -2.05. The zero-order chi connectivity index (χ0) is 16.2. The number of urea groups is 1. The third-order valence-corrected chi connectivity index (χ3v) is 3.96. The van der Waals surface area contributed by atoms with Crippen LogP contribution >= 0.6 is 11.3 Å². The van der Waals surface area contributed by atoms with Crippen LogP contribution in [0.1, 0.15) is 18.5 Å². The molecule has 1 aliphatic carbocycles. The second kappa shape index (κ2) is 6.74. The molecule has 0 bridgehead atoms. The van der Waals surface area contributed by atoms with E-state index >= 15 is 0 Å². The average molecular weight is 334 g/mol. The number of halogens is 1. The van der Waals surface area contributed by atoms with E-state index in [0.717, 1.165) is 12.8 Å². The summed E-state index contributed by atoms with van der Waals surface area (Å²) in [7, 11) is 0. The fourth-order valence-electron chi connectivity index (χ4n) is 1.91. The molecule has 1 aromatic carbocycles. The van der Waals surface area contributed by atoms with Crippen LogP contribution in [-0.4, -0.2) is 23.0 Å². The van der Waals surface area contributed by atoms with Crippen LogP contribution in [0.3, 0.4) is 0 Å². The molecule has 0 radical (unpaired) electrons. The predicted octanol–water partition coefficient (Wildman–Crippen LogP) is 2.75. The Morgan fingerprint density at radius 1 is 1.22 bits per heavy atom. The molecule has 6 nitrogen and oxygen atoms in total. The second-order valence-electron chi connectivity index (χ2n) is 5.25. The summed E-state index contributed by atoms with van der Waals surface area (Å²) in [5.74, 6) is -0.426. The number of carbonyl (C=O) groups is 2. The van der Waals surface area contributed by atoms with E-state index in [2.05, 4.69) is 20.9 Å². The minimum Gasteiger partial charge on any atom is -0.353 e. The molecule has 2 aromatic rings. The number of rotatable bonds is 5. The van der Waals surface area contributed by atoms with Crippen molar-refractivity contribution >= 4 is 34.1 Å². The number of thiazole rings is 1. The van der Waals surface area contributed by atoms with E-state index in [1.807, 2.05) is 0 Å². The van der Waals surface area contributed by atoms with Crippen LogP contribution in [0.4, 0.5) is 20.0 Å². The highest BCUT2D eigenvalue weighted by atomic mass is 32.1. The van der Waals surface area contributed by atoms with Crippen LogP contribution < -0.4 is 16.0 Å². The molecule has 1 saturated carbocycles. The van der Waals surface area contributed by atoms with Gasteiger partial charge in [-0.15, -0.1) is 11.3 Å². The van der Waals surface area contributed by atoms with E-state index < -0.39 is 6.03 Å². The van der Waals surface area contributed by atoms with Gasteiger partial charge in [0.05, 0.1) is 12.1 Å². The standard InChI is InChI=1S/C15H15FN4O2S/c16-9-1-3-11(4-2-9)18-14(22)20-15-19-12(8-23-15)7-13(21)17-10-5-6-10/h1-4,8,10H,5-7H2,(H,17,21)(H2,18,19,20,22). The highest BCUT2D eigenvalue weighted by Crippen LogP contribution is 2.20. The van der Waals surface area contributed by atoms with Gasteiger partial charge in [0.25, 0.3) is 0 Å². The lowest BCUT2D eigenvalue weighted by molar-refractivity contribution is -0.120. The SMILES string of the molecule is O=C(Cc1csc(NC(=O)Nc2ccc(F)cc2)n1)NC1CC1. The number of hydrogen-bond acceptors (Lipinski definition) is 4. The maximum atomic E-state index is 12.8. The first kappa shape index (κ1) is 15.4. The smallest absolute Gasteiger partial charge is 0.325 e. The molecule has 0 unspecified atom stereocenters. The van der Waals surface area contributed by atoms with Crippen molar-refractivity contribution in [1.29, 1.82) is 0 Å². The summed E-state index contributed by atoms with van der Waals surface area (Å²) in [6.45, 7) is 0. The van der Waals surface area contributed by atoms with Crippen molar-refractivity contribution in [2.24, 2.45) is 0 Å². The molecule has 23 heavy (non-hydrogen) atoms. The van der Waals surface area contributed by atoms with Crippen LogP contribution in [-0.2, 0) is 11.2 Å². The number of carbonyl (C=O) groups excluding carboxylic acids is 2. The molecule has 0 spiro atoms. The summed E-state index contributed by atoms with van der Waals surface area (Å²) < 4.78 is 12.8. The van der Waals surface area contributed by atoms with Gasteiger partial charge in [-0.2, -0.15) is 0 Å². The Morgan fingerprint density at radius 2 is 1.96 bits per heavy atom. The summed E-state index contributed by atoms with van der Waals surface area (Å²) in [5.41, 5.74) is 1.09. The van der Waals surface area contributed by atoms with Crippen LogP contribution in [0, 0.1) is 5.82 Å². The van der Waals surface area contributed by atoms with Gasteiger partial charge in [0, 0.05) is 17.1 Å². The Morgan fingerprint density at radius 3 is 2.65 bits per heavy atom. The minimum absolute atomic E-state index is 0.0555. The van der Waals surface area contributed by atoms with Crippen LogP contribution in [0.5, 0.6) is 0 Å². The summed E-state index contributed by atoms with van der Waals surface area (Å²) in [6, 6.07) is 5.29. The molecule has 0 aliphatic heterocycles. The highest BCUT2D eigenvalue weighted by molar-refractivity contribution is 7.13. The van der Waals surface area contributed by atoms with Crippen molar-refractivity contribution < 1.29 is 14.0 Å². The van der Waals surface area contributed by atoms with Crippen molar-refractivity contribution in [2.45, 2.75) is 25.3 Å². The van der Waals surface area contributed by atoms with E-state index in [1.165, 1.54) is 35.6 Å². The van der Waals surface area contributed by atoms with E-state index in [0.29, 0.717) is 22.6 Å². The third kappa shape index (κ3) is 4.75. The minimum atomic E-state index is -0.472. The van der Waals surface area contributed by atoms with Gasteiger partial charge in [-0.3, -0.25) is 10.1 Å². The van der Waals surface area contributed by atoms with Gasteiger partial charge >= 0.3 is 6.03 Å². The molecule has 3 amide bonds. The number of benzene rings is 1. The van der Waals surface area contributed by atoms with Crippen LogP contribution in [0.25, 0.3) is 0 Å². The van der Waals surface area contributed by atoms with Gasteiger partial charge in [-0.05, 0) is 37.1 Å². The lowest BCUT2D eigenvalue weighted by atomic mass is 10.3. The Kier molecular flexibility index (Phi) is 4.52. The normalized spacial score (nSPS) is 13.4. The van der Waals surface area contributed by atoms with Crippen LogP contribution in [0.15, 0.2) is 29.6 Å². The monoisotopic (exact) mass is 334 g/mol. The predicted molar refractivity (Wildman–Crippen MR) is 86.0 cm³/mol. The maximum Gasteiger partial charge on any atom is 0.325 e. The van der Waals surface area contributed by atoms with E-state index in [1.54, 1.807) is 5.38 Å². The summed E-state index contributed by atoms with van der Waals surface area (Å²) in [5, 5.41) is 10.2. The molecule has 1 fully saturated rings. The van der Waals surface area contributed by atoms with Crippen molar-refractivity contribution in [1.82, 2.24) is 10.3 Å². The van der Waals surface area contributed by atoms with E-state index in [9.17, 15) is 14.0 Å². The van der Waals surface area contributed by atoms with Gasteiger partial charge in [0.15, 0.2) is 5.13 Å². The van der Waals surface area contributed by atoms with Crippen LogP contribution in [0.2, 0.25) is 0 Å². The Labute approximate surface area is 136 Å². The van der Waals surface area contributed by atoms with Crippen molar-refractivity contribution in [2.75, 3.05) is 10.6 Å².